The number of aliphatic hydroxyl groups excluding tert-OH is 1. The minimum absolute atomic E-state index is 0.0617. The first-order valence-electron chi connectivity index (χ1n) is 16.1. The lowest BCUT2D eigenvalue weighted by molar-refractivity contribution is -0.137. The van der Waals surface area contributed by atoms with Crippen molar-refractivity contribution in [3.05, 3.63) is 11.8 Å². The van der Waals surface area contributed by atoms with Crippen molar-refractivity contribution in [1.29, 1.82) is 0 Å². The van der Waals surface area contributed by atoms with Gasteiger partial charge < -0.3 is 19.9 Å². The number of nitrogens with one attached hydrogen (secondary N) is 1. The summed E-state index contributed by atoms with van der Waals surface area (Å²) in [4.78, 5) is 33.6. The number of nitrogens with zero attached hydrogens (tertiary/aromatic N) is 3. The third kappa shape index (κ3) is 19.4. The molecule has 1 saturated heterocycles. The van der Waals surface area contributed by atoms with Crippen LogP contribution in [0.5, 0.6) is 0 Å². The van der Waals surface area contributed by atoms with Crippen molar-refractivity contribution >= 4 is 29.6 Å². The topological polar surface area (TPSA) is 123 Å². The maximum absolute atomic E-state index is 13.6. The molecule has 0 saturated carbocycles. The number of carbonyl (C=O) groups excluding carboxylic acids is 2. The van der Waals surface area contributed by atoms with Gasteiger partial charge >= 0.3 is 12.0 Å². The van der Waals surface area contributed by atoms with E-state index in [0.29, 0.717) is 17.8 Å². The SMILES string of the molecule is C#CC1(CO)CCC(C)O1.CCCCCCCCCCCCCC(=O)Nc1nc(F)nc(C)c1N=CC(C)C.COC(C)=O. The summed E-state index contributed by atoms with van der Waals surface area (Å²) in [5, 5.41) is 11.6. The molecule has 2 atom stereocenters. The molecular weight excluding hydrogens is 563 g/mol. The summed E-state index contributed by atoms with van der Waals surface area (Å²) >= 11 is 0. The predicted molar refractivity (Wildman–Crippen MR) is 176 cm³/mol. The van der Waals surface area contributed by atoms with Crippen LogP contribution in [0.3, 0.4) is 0 Å². The van der Waals surface area contributed by atoms with Crippen LogP contribution in [-0.2, 0) is 19.1 Å². The first-order chi connectivity index (χ1) is 20.9. The summed E-state index contributed by atoms with van der Waals surface area (Å²) < 4.78 is 23.0. The normalized spacial score (nSPS) is 17.3. The lowest BCUT2D eigenvalue weighted by Crippen LogP contribution is -2.31. The Balaban J connectivity index is 0.00000100. The molecular formula is C34H57FN4O5. The number of aryl methyl sites for hydroxylation is 1. The molecule has 1 aliphatic rings. The molecule has 0 bridgehead atoms. The number of aliphatic hydroxyl groups is 1. The highest BCUT2D eigenvalue weighted by molar-refractivity contribution is 5.93. The molecule has 10 heteroatoms. The number of anilines is 1. The zero-order chi connectivity index (χ0) is 33.4. The largest absolute Gasteiger partial charge is 0.469 e. The second-order valence-corrected chi connectivity index (χ2v) is 11.6. The maximum atomic E-state index is 13.6. The van der Waals surface area contributed by atoms with E-state index in [1.807, 2.05) is 20.8 Å². The van der Waals surface area contributed by atoms with Crippen molar-refractivity contribution in [3.63, 3.8) is 0 Å². The van der Waals surface area contributed by atoms with Crippen molar-refractivity contribution < 1.29 is 28.6 Å². The predicted octanol–water partition coefficient (Wildman–Crippen LogP) is 7.65. The zero-order valence-electron chi connectivity index (χ0n) is 28.2. The Kier molecular flexibility index (Phi) is 22.8. The van der Waals surface area contributed by atoms with E-state index >= 15 is 0 Å². The third-order valence-corrected chi connectivity index (χ3v) is 6.99. The van der Waals surface area contributed by atoms with Gasteiger partial charge in [0.25, 0.3) is 0 Å². The zero-order valence-corrected chi connectivity index (χ0v) is 28.2. The number of halogens is 1. The lowest BCUT2D eigenvalue weighted by Gasteiger charge is -2.19. The van der Waals surface area contributed by atoms with E-state index in [1.54, 1.807) is 13.1 Å². The van der Waals surface area contributed by atoms with Gasteiger partial charge in [-0.3, -0.25) is 14.6 Å². The maximum Gasteiger partial charge on any atom is 0.310 e. The average Bonchev–Trinajstić information content (AvgIpc) is 3.37. The summed E-state index contributed by atoms with van der Waals surface area (Å²) in [6, 6.07) is 0. The summed E-state index contributed by atoms with van der Waals surface area (Å²) in [7, 11) is 1.35. The number of unbranched alkanes of at least 4 members (excludes halogenated alkanes) is 10. The number of hydrogen-bond acceptors (Lipinski definition) is 8. The minimum atomic E-state index is -0.851. The van der Waals surface area contributed by atoms with Gasteiger partial charge in [0.2, 0.25) is 5.91 Å². The summed E-state index contributed by atoms with van der Waals surface area (Å²) in [6.45, 7) is 11.2. The number of methoxy groups -OCH3 is 1. The Morgan fingerprint density at radius 1 is 1.16 bits per heavy atom. The van der Waals surface area contributed by atoms with Gasteiger partial charge in [-0.05, 0) is 39.0 Å². The highest BCUT2D eigenvalue weighted by atomic mass is 19.1. The molecule has 0 aliphatic carbocycles. The Hall–Kier alpha value is -2.90. The first-order valence-corrected chi connectivity index (χ1v) is 16.1. The molecule has 44 heavy (non-hydrogen) atoms. The number of esters is 1. The number of rotatable bonds is 16. The highest BCUT2D eigenvalue weighted by Crippen LogP contribution is 2.29. The van der Waals surface area contributed by atoms with Crippen LogP contribution in [0, 0.1) is 31.3 Å². The standard InChI is InChI=1S/C23H39FN4O.C8H12O2.C3H6O2/c1-5-6-7-8-9-10-11-12-13-14-15-16-20(29)27-22-21(25-17-18(2)3)19(4)26-23(24)28-22;1-3-8(6-9)5-4-7(2)10-8;1-3(4)5-2/h17-18H,5-16H2,1-4H3,(H,26,27,28,29);1,7,9H,4-6H2,2H3;1-2H3. The van der Waals surface area contributed by atoms with Gasteiger partial charge in [-0.25, -0.2) is 4.98 Å². The van der Waals surface area contributed by atoms with Crippen LogP contribution in [0.25, 0.3) is 0 Å². The van der Waals surface area contributed by atoms with E-state index < -0.39 is 11.7 Å². The highest BCUT2D eigenvalue weighted by Gasteiger charge is 2.35. The van der Waals surface area contributed by atoms with E-state index in [4.69, 9.17) is 16.3 Å². The molecule has 9 nitrogen and oxygen atoms in total. The van der Waals surface area contributed by atoms with Gasteiger partial charge in [0, 0.05) is 19.6 Å². The van der Waals surface area contributed by atoms with Gasteiger partial charge in [-0.15, -0.1) is 6.42 Å². The smallest absolute Gasteiger partial charge is 0.310 e. The van der Waals surface area contributed by atoms with Crippen LogP contribution in [-0.4, -0.2) is 58.6 Å². The van der Waals surface area contributed by atoms with Crippen LogP contribution < -0.4 is 5.32 Å². The van der Waals surface area contributed by atoms with E-state index in [0.717, 1.165) is 32.1 Å². The van der Waals surface area contributed by atoms with Crippen molar-refractivity contribution in [2.75, 3.05) is 19.0 Å². The monoisotopic (exact) mass is 620 g/mol. The van der Waals surface area contributed by atoms with E-state index in [1.165, 1.54) is 65.4 Å². The van der Waals surface area contributed by atoms with Crippen LogP contribution in [0.1, 0.15) is 130 Å². The van der Waals surface area contributed by atoms with Crippen LogP contribution in [0.4, 0.5) is 15.9 Å². The molecule has 2 N–H and O–H groups in total. The molecule has 1 aliphatic heterocycles. The van der Waals surface area contributed by atoms with Crippen molar-refractivity contribution in [3.8, 4) is 12.3 Å². The second kappa shape index (κ2) is 24.4. The molecule has 1 aromatic rings. The molecule has 2 rings (SSSR count). The first kappa shape index (κ1) is 41.1. The van der Waals surface area contributed by atoms with Gasteiger partial charge in [0.15, 0.2) is 11.4 Å². The number of amides is 1. The molecule has 1 amide bonds. The van der Waals surface area contributed by atoms with Crippen molar-refractivity contribution in [1.82, 2.24) is 9.97 Å². The second-order valence-electron chi connectivity index (χ2n) is 11.6. The summed E-state index contributed by atoms with van der Waals surface area (Å²) in [5.41, 5.74) is 0.172. The van der Waals surface area contributed by atoms with Gasteiger partial charge in [-0.1, -0.05) is 90.9 Å². The third-order valence-electron chi connectivity index (χ3n) is 6.99. The molecule has 2 heterocycles. The fraction of sp³-hybridized carbons (Fsp3) is 0.735. The van der Waals surface area contributed by atoms with E-state index in [-0.39, 0.29) is 36.3 Å². The molecule has 0 aromatic carbocycles. The van der Waals surface area contributed by atoms with Crippen LogP contribution in [0.15, 0.2) is 4.99 Å². The van der Waals surface area contributed by atoms with Gasteiger partial charge in [0.05, 0.1) is 25.5 Å². The Morgan fingerprint density at radius 2 is 1.70 bits per heavy atom. The molecule has 0 radical (unpaired) electrons. The van der Waals surface area contributed by atoms with Crippen molar-refractivity contribution in [2.24, 2.45) is 10.9 Å². The lowest BCUT2D eigenvalue weighted by atomic mass is 10.0. The Morgan fingerprint density at radius 3 is 2.11 bits per heavy atom. The molecule has 0 spiro atoms. The average molecular weight is 621 g/mol. The van der Waals surface area contributed by atoms with Crippen molar-refractivity contribution in [2.45, 2.75) is 143 Å². The van der Waals surface area contributed by atoms with Gasteiger partial charge in [0.1, 0.15) is 5.69 Å². The number of carbonyl (C=O) groups is 2. The molecule has 250 valence electrons. The molecule has 2 unspecified atom stereocenters. The van der Waals surface area contributed by atoms with Gasteiger partial charge in [-0.2, -0.15) is 9.37 Å². The Labute approximate surface area is 265 Å². The van der Waals surface area contributed by atoms with E-state index in [9.17, 15) is 14.0 Å². The Bertz CT molecular complexity index is 1030. The fourth-order valence-electron chi connectivity index (χ4n) is 4.35. The van der Waals surface area contributed by atoms with E-state index in [2.05, 4.69) is 37.9 Å². The number of ether oxygens (including phenoxy) is 2. The fourth-order valence-corrected chi connectivity index (χ4v) is 4.35. The minimum Gasteiger partial charge on any atom is -0.469 e. The van der Waals surface area contributed by atoms with Crippen LogP contribution in [0.2, 0.25) is 0 Å². The number of hydrogen-bond donors (Lipinski definition) is 2. The quantitative estimate of drug-likeness (QED) is 0.0640. The molecule has 1 aromatic heterocycles. The number of aromatic nitrogens is 2. The number of terminal acetylenes is 1. The summed E-state index contributed by atoms with van der Waals surface area (Å²) in [5.74, 6) is 2.47. The number of aliphatic imine (C=N–C) groups is 1. The van der Waals surface area contributed by atoms with Crippen LogP contribution >= 0.6 is 0 Å². The molecule has 1 fully saturated rings. The summed E-state index contributed by atoms with van der Waals surface area (Å²) in [6.07, 6.45) is 22.0.